The van der Waals surface area contributed by atoms with Gasteiger partial charge >= 0.3 is 0 Å². The first kappa shape index (κ1) is 18.0. The van der Waals surface area contributed by atoms with Crippen LogP contribution >= 0.6 is 0 Å². The van der Waals surface area contributed by atoms with Crippen LogP contribution in [0.25, 0.3) is 0 Å². The predicted octanol–water partition coefficient (Wildman–Crippen LogP) is 3.21. The van der Waals surface area contributed by atoms with Crippen molar-refractivity contribution in [1.29, 1.82) is 0 Å². The smallest absolute Gasteiger partial charge is 0.270 e. The molecule has 2 aromatic rings. The third-order valence-electron chi connectivity index (χ3n) is 4.81. The van der Waals surface area contributed by atoms with E-state index in [1.54, 1.807) is 12.1 Å². The minimum atomic E-state index is -0.532. The fourth-order valence-electron chi connectivity index (χ4n) is 3.25. The summed E-state index contributed by atoms with van der Waals surface area (Å²) in [7, 11) is 0. The van der Waals surface area contributed by atoms with Gasteiger partial charge in [-0.3, -0.25) is 14.9 Å². The molecule has 1 aliphatic rings. The summed E-state index contributed by atoms with van der Waals surface area (Å²) in [6, 6.07) is 11.9. The zero-order chi connectivity index (χ0) is 18.6. The number of carbonyl (C=O) groups excluding carboxylic acids is 1. The van der Waals surface area contributed by atoms with Gasteiger partial charge in [-0.2, -0.15) is 0 Å². The van der Waals surface area contributed by atoms with Gasteiger partial charge in [0.25, 0.3) is 11.6 Å². The number of carbonyl (C=O) groups is 1. The van der Waals surface area contributed by atoms with Crippen LogP contribution in [0, 0.1) is 15.9 Å². The minimum absolute atomic E-state index is 0.128. The molecule has 0 radical (unpaired) electrons. The Labute approximate surface area is 150 Å². The van der Waals surface area contributed by atoms with Crippen LogP contribution in [-0.4, -0.2) is 30.6 Å². The fraction of sp³-hybridized carbons (Fsp3) is 0.316. The van der Waals surface area contributed by atoms with Gasteiger partial charge in [0.1, 0.15) is 5.82 Å². The van der Waals surface area contributed by atoms with Crippen LogP contribution in [0.2, 0.25) is 0 Å². The van der Waals surface area contributed by atoms with E-state index in [0.717, 1.165) is 5.56 Å². The van der Waals surface area contributed by atoms with Gasteiger partial charge < -0.3 is 10.1 Å². The lowest BCUT2D eigenvalue weighted by atomic mass is 9.74. The normalized spacial score (nSPS) is 16.0. The number of nitrogens with zero attached hydrogens (tertiary/aromatic N) is 1. The lowest BCUT2D eigenvalue weighted by Crippen LogP contribution is -2.44. The molecule has 26 heavy (non-hydrogen) atoms. The molecular weight excluding hydrogens is 339 g/mol. The van der Waals surface area contributed by atoms with Crippen molar-refractivity contribution in [3.8, 4) is 0 Å². The lowest BCUT2D eigenvalue weighted by molar-refractivity contribution is -0.384. The summed E-state index contributed by atoms with van der Waals surface area (Å²) in [6.07, 6.45) is 1.40. The average Bonchev–Trinajstić information content (AvgIpc) is 2.67. The van der Waals surface area contributed by atoms with E-state index in [4.69, 9.17) is 4.74 Å². The van der Waals surface area contributed by atoms with E-state index in [2.05, 4.69) is 5.32 Å². The van der Waals surface area contributed by atoms with Crippen LogP contribution in [0.3, 0.4) is 0 Å². The SMILES string of the molecule is O=C(NCC1(c2ccc(F)cc2)CCOCC1)c1cccc([N+](=O)[O-])c1. The number of halogens is 1. The first-order valence-corrected chi connectivity index (χ1v) is 8.37. The zero-order valence-corrected chi connectivity index (χ0v) is 14.1. The summed E-state index contributed by atoms with van der Waals surface area (Å²) in [5.41, 5.74) is 0.710. The van der Waals surface area contributed by atoms with Crippen molar-refractivity contribution in [2.45, 2.75) is 18.3 Å². The first-order valence-electron chi connectivity index (χ1n) is 8.37. The van der Waals surface area contributed by atoms with Gasteiger partial charge in [0.15, 0.2) is 0 Å². The summed E-state index contributed by atoms with van der Waals surface area (Å²) in [5.74, 6) is -0.682. The molecule has 0 bridgehead atoms. The van der Waals surface area contributed by atoms with Crippen LogP contribution in [0.5, 0.6) is 0 Å². The van der Waals surface area contributed by atoms with E-state index in [0.29, 0.717) is 32.6 Å². The quantitative estimate of drug-likeness (QED) is 0.657. The molecule has 1 aliphatic heterocycles. The molecule has 1 saturated heterocycles. The third kappa shape index (κ3) is 3.88. The average molecular weight is 358 g/mol. The van der Waals surface area contributed by atoms with E-state index in [9.17, 15) is 19.3 Å². The van der Waals surface area contributed by atoms with Crippen LogP contribution in [0.1, 0.15) is 28.8 Å². The molecule has 6 nitrogen and oxygen atoms in total. The molecular formula is C19H19FN2O4. The Morgan fingerprint density at radius 1 is 1.19 bits per heavy atom. The lowest BCUT2D eigenvalue weighted by Gasteiger charge is -2.38. The standard InChI is InChI=1S/C19H19FN2O4/c20-16-6-4-15(5-7-16)19(8-10-26-11-9-19)13-21-18(23)14-2-1-3-17(12-14)22(24)25/h1-7,12H,8-11,13H2,(H,21,23). The zero-order valence-electron chi connectivity index (χ0n) is 14.1. The Bertz CT molecular complexity index is 801. The highest BCUT2D eigenvalue weighted by atomic mass is 19.1. The molecule has 0 saturated carbocycles. The number of non-ortho nitro benzene ring substituents is 1. The second-order valence-corrected chi connectivity index (χ2v) is 6.39. The third-order valence-corrected chi connectivity index (χ3v) is 4.81. The molecule has 136 valence electrons. The molecule has 0 aliphatic carbocycles. The maximum Gasteiger partial charge on any atom is 0.270 e. The van der Waals surface area contributed by atoms with Crippen LogP contribution in [0.15, 0.2) is 48.5 Å². The second-order valence-electron chi connectivity index (χ2n) is 6.39. The van der Waals surface area contributed by atoms with E-state index in [1.807, 2.05) is 0 Å². The minimum Gasteiger partial charge on any atom is -0.381 e. The number of nitro benzene ring substituents is 1. The monoisotopic (exact) mass is 358 g/mol. The molecule has 1 N–H and O–H groups in total. The van der Waals surface area contributed by atoms with Gasteiger partial charge in [-0.25, -0.2) is 4.39 Å². The van der Waals surface area contributed by atoms with Crippen LogP contribution in [-0.2, 0) is 10.2 Å². The van der Waals surface area contributed by atoms with Crippen molar-refractivity contribution in [3.63, 3.8) is 0 Å². The van der Waals surface area contributed by atoms with Crippen molar-refractivity contribution >= 4 is 11.6 Å². The maximum absolute atomic E-state index is 13.3. The summed E-state index contributed by atoms with van der Waals surface area (Å²) >= 11 is 0. The van der Waals surface area contributed by atoms with Gasteiger partial charge in [-0.05, 0) is 36.6 Å². The van der Waals surface area contributed by atoms with Crippen LogP contribution < -0.4 is 5.32 Å². The number of hydrogen-bond acceptors (Lipinski definition) is 4. The van der Waals surface area contributed by atoms with E-state index < -0.39 is 4.92 Å². The van der Waals surface area contributed by atoms with Crippen molar-refractivity contribution in [3.05, 3.63) is 75.6 Å². The molecule has 0 unspecified atom stereocenters. The largest absolute Gasteiger partial charge is 0.381 e. The van der Waals surface area contributed by atoms with E-state index in [1.165, 1.54) is 36.4 Å². The van der Waals surface area contributed by atoms with Crippen molar-refractivity contribution in [2.75, 3.05) is 19.8 Å². The van der Waals surface area contributed by atoms with Crippen molar-refractivity contribution < 1.29 is 18.8 Å². The molecule has 3 rings (SSSR count). The number of amides is 1. The predicted molar refractivity (Wildman–Crippen MR) is 93.6 cm³/mol. The van der Waals surface area contributed by atoms with Gasteiger partial charge in [-0.15, -0.1) is 0 Å². The highest BCUT2D eigenvalue weighted by molar-refractivity contribution is 5.94. The van der Waals surface area contributed by atoms with Crippen LogP contribution in [0.4, 0.5) is 10.1 Å². The second kappa shape index (κ2) is 7.61. The number of ether oxygens (including phenoxy) is 1. The van der Waals surface area contributed by atoms with Crippen molar-refractivity contribution in [2.24, 2.45) is 0 Å². The molecule has 1 heterocycles. The van der Waals surface area contributed by atoms with Crippen molar-refractivity contribution in [1.82, 2.24) is 5.32 Å². The number of nitro groups is 1. The number of nitrogens with one attached hydrogen (secondary N) is 1. The van der Waals surface area contributed by atoms with Gasteiger partial charge in [0.2, 0.25) is 0 Å². The number of rotatable bonds is 5. The Morgan fingerprint density at radius 2 is 1.88 bits per heavy atom. The van der Waals surface area contributed by atoms with E-state index >= 15 is 0 Å². The highest BCUT2D eigenvalue weighted by Gasteiger charge is 2.35. The molecule has 7 heteroatoms. The molecule has 2 aromatic carbocycles. The number of hydrogen-bond donors (Lipinski definition) is 1. The first-order chi connectivity index (χ1) is 12.5. The maximum atomic E-state index is 13.3. The molecule has 0 spiro atoms. The fourth-order valence-corrected chi connectivity index (χ4v) is 3.25. The summed E-state index contributed by atoms with van der Waals surface area (Å²) in [5, 5.41) is 13.8. The summed E-state index contributed by atoms with van der Waals surface area (Å²) in [6.45, 7) is 1.47. The summed E-state index contributed by atoms with van der Waals surface area (Å²) in [4.78, 5) is 22.8. The Kier molecular flexibility index (Phi) is 5.27. The molecule has 1 fully saturated rings. The number of benzene rings is 2. The summed E-state index contributed by atoms with van der Waals surface area (Å²) < 4.78 is 18.7. The topological polar surface area (TPSA) is 81.5 Å². The molecule has 0 aromatic heterocycles. The van der Waals surface area contributed by atoms with Gasteiger partial charge in [0.05, 0.1) is 4.92 Å². The van der Waals surface area contributed by atoms with Gasteiger partial charge in [0, 0.05) is 42.9 Å². The Balaban J connectivity index is 1.78. The van der Waals surface area contributed by atoms with Gasteiger partial charge in [-0.1, -0.05) is 18.2 Å². The highest BCUT2D eigenvalue weighted by Crippen LogP contribution is 2.34. The Hall–Kier alpha value is -2.80. The molecule has 0 atom stereocenters. The Morgan fingerprint density at radius 3 is 2.54 bits per heavy atom. The molecule has 1 amide bonds. The van der Waals surface area contributed by atoms with E-state index in [-0.39, 0.29) is 28.4 Å².